The van der Waals surface area contributed by atoms with Crippen molar-refractivity contribution in [3.63, 3.8) is 0 Å². The van der Waals surface area contributed by atoms with E-state index in [1.165, 1.54) is 6.07 Å². The molecule has 2 heterocycles. The van der Waals surface area contributed by atoms with E-state index in [0.29, 0.717) is 23.0 Å². The highest BCUT2D eigenvalue weighted by atomic mass is 32.1. The number of halogens is 3. The van der Waals surface area contributed by atoms with Gasteiger partial charge in [0.25, 0.3) is 0 Å². The Morgan fingerprint density at radius 2 is 1.96 bits per heavy atom. The summed E-state index contributed by atoms with van der Waals surface area (Å²) in [6.07, 6.45) is -3.84. The lowest BCUT2D eigenvalue weighted by molar-refractivity contribution is -0.137. The maximum absolute atomic E-state index is 13.1. The lowest BCUT2D eigenvalue weighted by Crippen LogP contribution is -2.65. The van der Waals surface area contributed by atoms with Crippen LogP contribution in [0.2, 0.25) is 0 Å². The van der Waals surface area contributed by atoms with Crippen LogP contribution in [0.3, 0.4) is 0 Å². The van der Waals surface area contributed by atoms with E-state index in [1.54, 1.807) is 11.0 Å². The average Bonchev–Trinajstić information content (AvgIpc) is 2.53. The van der Waals surface area contributed by atoms with Gasteiger partial charge in [-0.3, -0.25) is 4.90 Å². The van der Waals surface area contributed by atoms with Crippen LogP contribution in [0.25, 0.3) is 0 Å². The normalized spacial score (nSPS) is 25.0. The molecule has 0 amide bonds. The van der Waals surface area contributed by atoms with Gasteiger partial charge < -0.3 is 10.1 Å². The van der Waals surface area contributed by atoms with E-state index < -0.39 is 17.5 Å². The Hall–Kier alpha value is -2.28. The van der Waals surface area contributed by atoms with Crippen molar-refractivity contribution in [1.29, 1.82) is 0 Å². The van der Waals surface area contributed by atoms with Crippen LogP contribution in [0, 0.1) is 0 Å². The summed E-state index contributed by atoms with van der Waals surface area (Å²) in [5, 5.41) is 3.59. The number of alkyl halides is 3. The predicted octanol–water partition coefficient (Wildman–Crippen LogP) is 4.64. The topological polar surface area (TPSA) is 24.5 Å². The van der Waals surface area contributed by atoms with Crippen molar-refractivity contribution in [2.45, 2.75) is 31.3 Å². The molecule has 130 valence electrons. The Bertz CT molecular complexity index is 854. The van der Waals surface area contributed by atoms with Gasteiger partial charge in [0.05, 0.1) is 11.6 Å². The van der Waals surface area contributed by atoms with Crippen molar-refractivity contribution >= 4 is 23.0 Å². The van der Waals surface area contributed by atoms with Gasteiger partial charge in [-0.2, -0.15) is 13.2 Å². The molecule has 2 aromatic rings. The fraction of sp³-hybridized carbons (Fsp3) is 0.278. The fourth-order valence-electron chi connectivity index (χ4n) is 3.53. The second kappa shape index (κ2) is 5.36. The van der Waals surface area contributed by atoms with Crippen LogP contribution in [-0.4, -0.2) is 10.8 Å². The van der Waals surface area contributed by atoms with Crippen LogP contribution in [0.4, 0.5) is 18.9 Å². The molecule has 1 fully saturated rings. The second-order valence-corrected chi connectivity index (χ2v) is 6.79. The number of thiocarbonyl (C=S) groups is 1. The number of nitrogens with zero attached hydrogens (tertiary/aromatic N) is 1. The van der Waals surface area contributed by atoms with Gasteiger partial charge in [-0.05, 0) is 43.4 Å². The molecule has 2 bridgehead atoms. The highest BCUT2D eigenvalue weighted by molar-refractivity contribution is 7.80. The first-order valence-electron chi connectivity index (χ1n) is 7.84. The Labute approximate surface area is 148 Å². The SMILES string of the molecule is C[C@@]12C[C@@H](NC(=S)N1c1cccc(C(F)(F)F)c1)c1ccccc1O2. The summed E-state index contributed by atoms with van der Waals surface area (Å²) < 4.78 is 45.4. The molecule has 0 aromatic heterocycles. The van der Waals surface area contributed by atoms with Crippen molar-refractivity contribution in [3.05, 3.63) is 59.7 Å². The average molecular weight is 364 g/mol. The van der Waals surface area contributed by atoms with Crippen molar-refractivity contribution in [1.82, 2.24) is 5.32 Å². The van der Waals surface area contributed by atoms with Crippen molar-refractivity contribution in [2.24, 2.45) is 0 Å². The van der Waals surface area contributed by atoms with Crippen molar-refractivity contribution in [3.8, 4) is 5.75 Å². The summed E-state index contributed by atoms with van der Waals surface area (Å²) in [4.78, 5) is 1.63. The Balaban J connectivity index is 1.78. The van der Waals surface area contributed by atoms with Crippen LogP contribution < -0.4 is 15.0 Å². The van der Waals surface area contributed by atoms with Gasteiger partial charge in [0, 0.05) is 17.7 Å². The van der Waals surface area contributed by atoms with E-state index >= 15 is 0 Å². The summed E-state index contributed by atoms with van der Waals surface area (Å²) in [6, 6.07) is 12.7. The second-order valence-electron chi connectivity index (χ2n) is 6.40. The van der Waals surface area contributed by atoms with Gasteiger partial charge in [-0.1, -0.05) is 24.3 Å². The smallest absolute Gasteiger partial charge is 0.416 e. The lowest BCUT2D eigenvalue weighted by atomic mass is 9.90. The molecule has 3 nitrogen and oxygen atoms in total. The molecule has 2 aliphatic heterocycles. The van der Waals surface area contributed by atoms with Crippen LogP contribution in [0.5, 0.6) is 5.75 Å². The molecule has 2 aliphatic rings. The van der Waals surface area contributed by atoms with Crippen molar-refractivity contribution in [2.75, 3.05) is 4.90 Å². The Kier molecular flexibility index (Phi) is 3.47. The highest BCUT2D eigenvalue weighted by Gasteiger charge is 2.48. The number of hydrogen-bond donors (Lipinski definition) is 1. The number of para-hydroxylation sites is 1. The number of hydrogen-bond acceptors (Lipinski definition) is 2. The van der Waals surface area contributed by atoms with Gasteiger partial charge in [0.2, 0.25) is 0 Å². The highest BCUT2D eigenvalue weighted by Crippen LogP contribution is 2.46. The molecule has 0 aliphatic carbocycles. The quantitative estimate of drug-likeness (QED) is 0.745. The van der Waals surface area contributed by atoms with Crippen LogP contribution >= 0.6 is 12.2 Å². The van der Waals surface area contributed by atoms with E-state index in [-0.39, 0.29) is 6.04 Å². The van der Waals surface area contributed by atoms with Crippen molar-refractivity contribution < 1.29 is 17.9 Å². The lowest BCUT2D eigenvalue weighted by Gasteiger charge is -2.52. The fourth-order valence-corrected chi connectivity index (χ4v) is 3.98. The maximum atomic E-state index is 13.1. The van der Waals surface area contributed by atoms with E-state index in [0.717, 1.165) is 17.7 Å². The van der Waals surface area contributed by atoms with Crippen LogP contribution in [0.15, 0.2) is 48.5 Å². The number of nitrogens with one attached hydrogen (secondary N) is 1. The molecular formula is C18H15F3N2OS. The van der Waals surface area contributed by atoms with Gasteiger partial charge >= 0.3 is 6.18 Å². The molecule has 7 heteroatoms. The predicted molar refractivity (Wildman–Crippen MR) is 92.5 cm³/mol. The number of anilines is 1. The van der Waals surface area contributed by atoms with E-state index in [4.69, 9.17) is 17.0 Å². The Morgan fingerprint density at radius 3 is 2.72 bits per heavy atom. The minimum Gasteiger partial charge on any atom is -0.467 e. The minimum absolute atomic E-state index is 0.0236. The summed E-state index contributed by atoms with van der Waals surface area (Å²) in [5.74, 6) is 0.716. The Morgan fingerprint density at radius 1 is 1.20 bits per heavy atom. The van der Waals surface area contributed by atoms with Crippen LogP contribution in [0.1, 0.15) is 30.5 Å². The largest absolute Gasteiger partial charge is 0.467 e. The monoisotopic (exact) mass is 364 g/mol. The minimum atomic E-state index is -4.41. The third-order valence-electron chi connectivity index (χ3n) is 4.61. The number of ether oxygens (including phenoxy) is 1. The summed E-state index contributed by atoms with van der Waals surface area (Å²) in [7, 11) is 0. The molecule has 0 spiro atoms. The first-order chi connectivity index (χ1) is 11.8. The molecule has 1 saturated heterocycles. The number of rotatable bonds is 1. The molecule has 2 atom stereocenters. The van der Waals surface area contributed by atoms with Gasteiger partial charge in [-0.25, -0.2) is 0 Å². The first-order valence-corrected chi connectivity index (χ1v) is 8.25. The zero-order chi connectivity index (χ0) is 17.8. The molecule has 0 unspecified atom stereocenters. The maximum Gasteiger partial charge on any atom is 0.416 e. The molecule has 4 rings (SSSR count). The summed E-state index contributed by atoms with van der Waals surface area (Å²) in [6.45, 7) is 1.85. The molecule has 1 N–H and O–H groups in total. The van der Waals surface area contributed by atoms with E-state index in [1.807, 2.05) is 31.2 Å². The van der Waals surface area contributed by atoms with Gasteiger partial charge in [0.1, 0.15) is 5.75 Å². The first kappa shape index (κ1) is 16.2. The molecule has 25 heavy (non-hydrogen) atoms. The van der Waals surface area contributed by atoms with Gasteiger partial charge in [0.15, 0.2) is 10.8 Å². The number of benzene rings is 2. The zero-order valence-corrected chi connectivity index (χ0v) is 14.1. The molecular weight excluding hydrogens is 349 g/mol. The van der Waals surface area contributed by atoms with E-state index in [2.05, 4.69) is 5.32 Å². The standard InChI is InChI=1S/C18H15F3N2OS/c1-17-10-14(13-7-2-3-8-15(13)24-17)22-16(25)23(17)12-6-4-5-11(9-12)18(19,20)21/h2-9,14H,10H2,1H3,(H,22,25)/t14-,17-/m1/s1. The summed E-state index contributed by atoms with van der Waals surface area (Å²) in [5.41, 5.74) is -0.209. The molecule has 0 radical (unpaired) electrons. The number of fused-ring (bicyclic) bond motifs is 4. The zero-order valence-electron chi connectivity index (χ0n) is 13.3. The molecule has 0 saturated carbocycles. The van der Waals surface area contributed by atoms with Gasteiger partial charge in [-0.15, -0.1) is 0 Å². The van der Waals surface area contributed by atoms with E-state index in [9.17, 15) is 13.2 Å². The third-order valence-corrected chi connectivity index (χ3v) is 4.91. The molecule has 2 aromatic carbocycles. The summed E-state index contributed by atoms with van der Waals surface area (Å²) >= 11 is 5.45. The van der Waals surface area contributed by atoms with Crippen LogP contribution in [-0.2, 0) is 6.18 Å². The third kappa shape index (κ3) is 2.63.